The third-order valence-corrected chi connectivity index (χ3v) is 5.16. The second kappa shape index (κ2) is 9.31. The number of nitrogens with one attached hydrogen (secondary N) is 1. The number of aromatic nitrogens is 3. The molecule has 1 amide bonds. The van der Waals surface area contributed by atoms with Crippen molar-refractivity contribution < 1.29 is 9.18 Å². The van der Waals surface area contributed by atoms with Gasteiger partial charge in [0.25, 0.3) is 5.91 Å². The Morgan fingerprint density at radius 2 is 1.72 bits per heavy atom. The first-order valence-corrected chi connectivity index (χ1v) is 10.1. The first-order valence-electron chi connectivity index (χ1n) is 10.1. The highest BCUT2D eigenvalue weighted by molar-refractivity contribution is 6.04. The van der Waals surface area contributed by atoms with Gasteiger partial charge in [0.05, 0.1) is 17.5 Å². The van der Waals surface area contributed by atoms with E-state index in [2.05, 4.69) is 32.4 Å². The van der Waals surface area contributed by atoms with Crippen molar-refractivity contribution in [3.8, 4) is 11.3 Å². The molecule has 0 atom stereocenters. The number of amides is 1. The van der Waals surface area contributed by atoms with Crippen LogP contribution in [0.25, 0.3) is 16.8 Å². The van der Waals surface area contributed by atoms with Crippen LogP contribution in [0.1, 0.15) is 34.0 Å². The number of anilines is 1. The van der Waals surface area contributed by atoms with E-state index < -0.39 is 11.7 Å². The summed E-state index contributed by atoms with van der Waals surface area (Å²) in [6.07, 6.45) is 7.93. The molecule has 0 aliphatic rings. The minimum Gasteiger partial charge on any atom is -0.307 e. The van der Waals surface area contributed by atoms with Crippen LogP contribution >= 0.6 is 0 Å². The standard InChI is InChI=1S/C26H21FN4O/c1-3-21(18-7-9-19(10-8-18)24-6-4-5-13-29-24)20-11-12-25(30-14-20)31-26(32)22-15-28-16-23(27)17(22)2/h3-16H,1-2H3,(H,30,31,32). The SMILES string of the molecule is CC=C(c1ccc(-c2ccccn2)cc1)c1ccc(NC(=O)c2cncc(F)c2C)nc1. The van der Waals surface area contributed by atoms with Crippen LogP contribution in [0.3, 0.4) is 0 Å². The van der Waals surface area contributed by atoms with Gasteiger partial charge in [-0.05, 0) is 49.2 Å². The van der Waals surface area contributed by atoms with Crippen LogP contribution in [0.4, 0.5) is 10.2 Å². The number of rotatable bonds is 5. The Bertz CT molecular complexity index is 1270. The average molecular weight is 424 g/mol. The molecule has 0 saturated carbocycles. The highest BCUT2D eigenvalue weighted by Crippen LogP contribution is 2.26. The van der Waals surface area contributed by atoms with Crippen molar-refractivity contribution in [3.05, 3.63) is 114 Å². The molecule has 1 aromatic carbocycles. The zero-order valence-electron chi connectivity index (χ0n) is 17.7. The average Bonchev–Trinajstić information content (AvgIpc) is 2.83. The van der Waals surface area contributed by atoms with E-state index in [9.17, 15) is 9.18 Å². The molecule has 6 heteroatoms. The van der Waals surface area contributed by atoms with Gasteiger partial charge in [0.15, 0.2) is 0 Å². The zero-order chi connectivity index (χ0) is 22.5. The van der Waals surface area contributed by atoms with Crippen molar-refractivity contribution in [3.63, 3.8) is 0 Å². The summed E-state index contributed by atoms with van der Waals surface area (Å²) in [7, 11) is 0. The fraction of sp³-hybridized carbons (Fsp3) is 0.0769. The summed E-state index contributed by atoms with van der Waals surface area (Å²) in [5.74, 6) is -0.595. The first kappa shape index (κ1) is 21.1. The zero-order valence-corrected chi connectivity index (χ0v) is 17.7. The number of pyridine rings is 3. The third kappa shape index (κ3) is 4.44. The van der Waals surface area contributed by atoms with Gasteiger partial charge >= 0.3 is 0 Å². The third-order valence-electron chi connectivity index (χ3n) is 5.16. The van der Waals surface area contributed by atoms with E-state index in [1.54, 1.807) is 25.4 Å². The van der Waals surface area contributed by atoms with Crippen molar-refractivity contribution in [1.29, 1.82) is 0 Å². The molecule has 5 nitrogen and oxygen atoms in total. The number of nitrogens with zero attached hydrogens (tertiary/aromatic N) is 3. The molecule has 3 aromatic heterocycles. The maximum Gasteiger partial charge on any atom is 0.258 e. The van der Waals surface area contributed by atoms with Crippen molar-refractivity contribution in [1.82, 2.24) is 15.0 Å². The van der Waals surface area contributed by atoms with E-state index in [-0.39, 0.29) is 11.1 Å². The smallest absolute Gasteiger partial charge is 0.258 e. The van der Waals surface area contributed by atoms with E-state index in [1.807, 2.05) is 49.4 Å². The van der Waals surface area contributed by atoms with Crippen molar-refractivity contribution in [2.45, 2.75) is 13.8 Å². The van der Waals surface area contributed by atoms with E-state index in [0.29, 0.717) is 5.82 Å². The van der Waals surface area contributed by atoms with Gasteiger partial charge in [-0.25, -0.2) is 9.37 Å². The molecule has 0 unspecified atom stereocenters. The summed E-state index contributed by atoms with van der Waals surface area (Å²) in [6, 6.07) is 17.6. The summed E-state index contributed by atoms with van der Waals surface area (Å²) in [4.78, 5) is 24.9. The van der Waals surface area contributed by atoms with Crippen LogP contribution in [0.5, 0.6) is 0 Å². The van der Waals surface area contributed by atoms with Crippen LogP contribution in [0.15, 0.2) is 85.5 Å². The molecule has 0 fully saturated rings. The van der Waals surface area contributed by atoms with Gasteiger partial charge in [-0.1, -0.05) is 36.4 Å². The van der Waals surface area contributed by atoms with E-state index in [0.717, 1.165) is 34.2 Å². The number of benzene rings is 1. The lowest BCUT2D eigenvalue weighted by Gasteiger charge is -2.11. The van der Waals surface area contributed by atoms with Gasteiger partial charge in [-0.15, -0.1) is 0 Å². The Balaban J connectivity index is 1.51. The van der Waals surface area contributed by atoms with Gasteiger partial charge in [0, 0.05) is 35.3 Å². The number of hydrogen-bond acceptors (Lipinski definition) is 4. The maximum atomic E-state index is 13.7. The number of halogens is 1. The number of carbonyl (C=O) groups is 1. The normalized spacial score (nSPS) is 11.3. The highest BCUT2D eigenvalue weighted by atomic mass is 19.1. The Kier molecular flexibility index (Phi) is 6.12. The van der Waals surface area contributed by atoms with Gasteiger partial charge in [0.2, 0.25) is 0 Å². The largest absolute Gasteiger partial charge is 0.307 e. The van der Waals surface area contributed by atoms with Gasteiger partial charge < -0.3 is 5.32 Å². The van der Waals surface area contributed by atoms with E-state index in [4.69, 9.17) is 0 Å². The quantitative estimate of drug-likeness (QED) is 0.447. The van der Waals surface area contributed by atoms with Crippen molar-refractivity contribution in [2.24, 2.45) is 0 Å². The summed E-state index contributed by atoms with van der Waals surface area (Å²) < 4.78 is 13.7. The maximum absolute atomic E-state index is 13.7. The van der Waals surface area contributed by atoms with Crippen LogP contribution in [-0.4, -0.2) is 20.9 Å². The summed E-state index contributed by atoms with van der Waals surface area (Å²) >= 11 is 0. The molecule has 0 radical (unpaired) electrons. The predicted octanol–water partition coefficient (Wildman–Crippen LogP) is 5.69. The fourth-order valence-corrected chi connectivity index (χ4v) is 3.39. The van der Waals surface area contributed by atoms with Gasteiger partial charge in [-0.3, -0.25) is 14.8 Å². The molecule has 0 aliphatic heterocycles. The molecule has 4 aromatic rings. The Hall–Kier alpha value is -4.19. The van der Waals surface area contributed by atoms with Crippen LogP contribution in [-0.2, 0) is 0 Å². The van der Waals surface area contributed by atoms with E-state index in [1.165, 1.54) is 6.20 Å². The molecular weight excluding hydrogens is 403 g/mol. The predicted molar refractivity (Wildman–Crippen MR) is 124 cm³/mol. The number of carbonyl (C=O) groups excluding carboxylic acids is 1. The monoisotopic (exact) mass is 424 g/mol. The van der Waals surface area contributed by atoms with Crippen molar-refractivity contribution >= 4 is 17.3 Å². The second-order valence-electron chi connectivity index (χ2n) is 7.17. The summed E-state index contributed by atoms with van der Waals surface area (Å²) in [5.41, 5.74) is 5.38. The van der Waals surface area contributed by atoms with Crippen LogP contribution < -0.4 is 5.32 Å². The minimum atomic E-state index is -0.521. The molecule has 32 heavy (non-hydrogen) atoms. The lowest BCUT2D eigenvalue weighted by Crippen LogP contribution is -2.15. The lowest BCUT2D eigenvalue weighted by atomic mass is 9.97. The van der Waals surface area contributed by atoms with Crippen LogP contribution in [0, 0.1) is 12.7 Å². The first-order chi connectivity index (χ1) is 15.6. The van der Waals surface area contributed by atoms with E-state index >= 15 is 0 Å². The minimum absolute atomic E-state index is 0.179. The van der Waals surface area contributed by atoms with Crippen LogP contribution in [0.2, 0.25) is 0 Å². The summed E-state index contributed by atoms with van der Waals surface area (Å²) in [5, 5.41) is 2.69. The Morgan fingerprint density at radius 1 is 0.938 bits per heavy atom. The molecule has 0 aliphatic carbocycles. The molecular formula is C26H21FN4O. The van der Waals surface area contributed by atoms with Gasteiger partial charge in [-0.2, -0.15) is 0 Å². The van der Waals surface area contributed by atoms with Gasteiger partial charge in [0.1, 0.15) is 11.6 Å². The number of allylic oxidation sites excluding steroid dienone is 1. The molecule has 158 valence electrons. The molecule has 0 saturated heterocycles. The fourth-order valence-electron chi connectivity index (χ4n) is 3.39. The topological polar surface area (TPSA) is 67.8 Å². The van der Waals surface area contributed by atoms with Crippen molar-refractivity contribution in [2.75, 3.05) is 5.32 Å². The molecule has 3 heterocycles. The Morgan fingerprint density at radius 3 is 2.38 bits per heavy atom. The molecule has 4 rings (SSSR count). The molecule has 1 N–H and O–H groups in total. The molecule has 0 bridgehead atoms. The summed E-state index contributed by atoms with van der Waals surface area (Å²) in [6.45, 7) is 3.51. The number of hydrogen-bond donors (Lipinski definition) is 1. The lowest BCUT2D eigenvalue weighted by molar-refractivity contribution is 0.102. The Labute approximate surface area is 185 Å². The second-order valence-corrected chi connectivity index (χ2v) is 7.17. The highest BCUT2D eigenvalue weighted by Gasteiger charge is 2.14. The molecule has 0 spiro atoms.